The minimum absolute atomic E-state index is 0.634. The normalized spacial score (nSPS) is 10.0. The molecule has 1 aromatic heterocycles. The molecule has 0 aliphatic carbocycles. The second kappa shape index (κ2) is 3.32. The summed E-state index contributed by atoms with van der Waals surface area (Å²) in [5.74, 6) is 0.692. The van der Waals surface area contributed by atoms with E-state index in [9.17, 15) is 4.79 Å². The summed E-state index contributed by atoms with van der Waals surface area (Å²) in [5, 5.41) is 3.77. The van der Waals surface area contributed by atoms with Gasteiger partial charge in [-0.1, -0.05) is 19.0 Å². The summed E-state index contributed by atoms with van der Waals surface area (Å²) in [6.45, 7) is 3.89. The van der Waals surface area contributed by atoms with Crippen LogP contribution in [-0.2, 0) is 12.8 Å². The van der Waals surface area contributed by atoms with Crippen molar-refractivity contribution in [1.29, 1.82) is 0 Å². The van der Waals surface area contributed by atoms with E-state index in [0.29, 0.717) is 11.3 Å². The van der Waals surface area contributed by atoms with Gasteiger partial charge in [0, 0.05) is 6.42 Å². The molecule has 1 aromatic rings. The molecular formula is C8H11NO2. The molecule has 0 fully saturated rings. The zero-order chi connectivity index (χ0) is 8.27. The minimum Gasteiger partial charge on any atom is -0.360 e. The van der Waals surface area contributed by atoms with E-state index in [0.717, 1.165) is 24.8 Å². The van der Waals surface area contributed by atoms with Gasteiger partial charge in [0.15, 0.2) is 6.29 Å². The van der Waals surface area contributed by atoms with Crippen LogP contribution in [0.1, 0.15) is 35.7 Å². The minimum atomic E-state index is 0.634. The first-order chi connectivity index (χ1) is 5.33. The van der Waals surface area contributed by atoms with Crippen molar-refractivity contribution in [2.75, 3.05) is 0 Å². The van der Waals surface area contributed by atoms with E-state index in [1.165, 1.54) is 0 Å². The van der Waals surface area contributed by atoms with Crippen LogP contribution in [0.3, 0.4) is 0 Å². The van der Waals surface area contributed by atoms with E-state index >= 15 is 0 Å². The van der Waals surface area contributed by atoms with Crippen LogP contribution >= 0.6 is 0 Å². The fraction of sp³-hybridized carbons (Fsp3) is 0.500. The largest absolute Gasteiger partial charge is 0.360 e. The van der Waals surface area contributed by atoms with Crippen LogP contribution in [0.15, 0.2) is 4.52 Å². The highest BCUT2D eigenvalue weighted by molar-refractivity contribution is 5.77. The molecular weight excluding hydrogens is 142 g/mol. The predicted octanol–water partition coefficient (Wildman–Crippen LogP) is 1.61. The Bertz CT molecular complexity index is 231. The van der Waals surface area contributed by atoms with Gasteiger partial charge in [0.25, 0.3) is 0 Å². The molecule has 0 saturated heterocycles. The molecule has 3 nitrogen and oxygen atoms in total. The van der Waals surface area contributed by atoms with E-state index in [1.54, 1.807) is 0 Å². The number of aldehydes is 1. The van der Waals surface area contributed by atoms with Crippen molar-refractivity contribution >= 4 is 6.29 Å². The number of aromatic nitrogens is 1. The average molecular weight is 153 g/mol. The number of carbonyl (C=O) groups excluding carboxylic acids is 1. The number of aryl methyl sites for hydroxylation is 2. The van der Waals surface area contributed by atoms with Gasteiger partial charge < -0.3 is 4.52 Å². The van der Waals surface area contributed by atoms with Crippen LogP contribution in [-0.4, -0.2) is 11.4 Å². The Hall–Kier alpha value is -1.12. The van der Waals surface area contributed by atoms with Gasteiger partial charge in [-0.05, 0) is 6.42 Å². The summed E-state index contributed by atoms with van der Waals surface area (Å²) >= 11 is 0. The van der Waals surface area contributed by atoms with Gasteiger partial charge in [0.05, 0.1) is 11.3 Å². The standard InChI is InChI=1S/C8H11NO2/c1-3-7-6(5-10)8(4-2)11-9-7/h5H,3-4H2,1-2H3. The van der Waals surface area contributed by atoms with Gasteiger partial charge >= 0.3 is 0 Å². The molecule has 0 aromatic carbocycles. The summed E-state index contributed by atoms with van der Waals surface area (Å²) in [7, 11) is 0. The fourth-order valence-corrected chi connectivity index (χ4v) is 1.01. The summed E-state index contributed by atoms with van der Waals surface area (Å²) in [6, 6.07) is 0. The van der Waals surface area contributed by atoms with Gasteiger partial charge in [-0.25, -0.2) is 0 Å². The van der Waals surface area contributed by atoms with Crippen molar-refractivity contribution in [2.45, 2.75) is 26.7 Å². The van der Waals surface area contributed by atoms with Gasteiger partial charge in [-0.3, -0.25) is 4.79 Å². The summed E-state index contributed by atoms with van der Waals surface area (Å²) < 4.78 is 4.95. The third kappa shape index (κ3) is 1.31. The number of hydrogen-bond acceptors (Lipinski definition) is 3. The van der Waals surface area contributed by atoms with Gasteiger partial charge in [0.2, 0.25) is 0 Å². The van der Waals surface area contributed by atoms with Crippen molar-refractivity contribution in [3.63, 3.8) is 0 Å². The highest BCUT2D eigenvalue weighted by Crippen LogP contribution is 2.12. The lowest BCUT2D eigenvalue weighted by Gasteiger charge is -1.88. The number of hydrogen-bond donors (Lipinski definition) is 0. The predicted molar refractivity (Wildman–Crippen MR) is 40.6 cm³/mol. The van der Waals surface area contributed by atoms with Crippen molar-refractivity contribution in [3.05, 3.63) is 17.0 Å². The molecule has 0 aliphatic rings. The summed E-state index contributed by atoms with van der Waals surface area (Å²) in [4.78, 5) is 10.5. The molecule has 0 N–H and O–H groups in total. The molecule has 60 valence electrons. The van der Waals surface area contributed by atoms with Crippen molar-refractivity contribution in [1.82, 2.24) is 5.16 Å². The zero-order valence-corrected chi connectivity index (χ0v) is 6.76. The molecule has 0 aliphatic heterocycles. The lowest BCUT2D eigenvalue weighted by atomic mass is 10.1. The van der Waals surface area contributed by atoms with Gasteiger partial charge in [-0.2, -0.15) is 0 Å². The topological polar surface area (TPSA) is 43.1 Å². The molecule has 11 heavy (non-hydrogen) atoms. The molecule has 0 unspecified atom stereocenters. The molecule has 1 heterocycles. The molecule has 0 atom stereocenters. The fourth-order valence-electron chi connectivity index (χ4n) is 1.01. The van der Waals surface area contributed by atoms with Crippen LogP contribution in [0, 0.1) is 0 Å². The van der Waals surface area contributed by atoms with Gasteiger partial charge in [0.1, 0.15) is 5.76 Å². The quantitative estimate of drug-likeness (QED) is 0.619. The van der Waals surface area contributed by atoms with Crippen molar-refractivity contribution < 1.29 is 9.32 Å². The van der Waals surface area contributed by atoms with Crippen LogP contribution in [0.25, 0.3) is 0 Å². The van der Waals surface area contributed by atoms with E-state index in [-0.39, 0.29) is 0 Å². The maximum Gasteiger partial charge on any atom is 0.155 e. The third-order valence-electron chi connectivity index (χ3n) is 1.65. The first-order valence-electron chi connectivity index (χ1n) is 3.76. The summed E-state index contributed by atoms with van der Waals surface area (Å²) in [6.07, 6.45) is 2.28. The lowest BCUT2D eigenvalue weighted by molar-refractivity contribution is 0.112. The van der Waals surface area contributed by atoms with Crippen LogP contribution < -0.4 is 0 Å². The highest BCUT2D eigenvalue weighted by atomic mass is 16.5. The third-order valence-corrected chi connectivity index (χ3v) is 1.65. The molecule has 0 bridgehead atoms. The first-order valence-corrected chi connectivity index (χ1v) is 3.76. The van der Waals surface area contributed by atoms with E-state index < -0.39 is 0 Å². The lowest BCUT2D eigenvalue weighted by Crippen LogP contribution is -1.89. The average Bonchev–Trinajstić information content (AvgIpc) is 2.45. The number of rotatable bonds is 3. The first kappa shape index (κ1) is 7.98. The monoisotopic (exact) mass is 153 g/mol. The Labute approximate surface area is 65.4 Å². The maximum atomic E-state index is 10.5. The maximum absolute atomic E-state index is 10.5. The second-order valence-electron chi connectivity index (χ2n) is 2.29. The molecule has 3 heteroatoms. The van der Waals surface area contributed by atoms with Crippen LogP contribution in [0.2, 0.25) is 0 Å². The van der Waals surface area contributed by atoms with Gasteiger partial charge in [-0.15, -0.1) is 0 Å². The van der Waals surface area contributed by atoms with Crippen molar-refractivity contribution in [3.8, 4) is 0 Å². The molecule has 0 saturated carbocycles. The molecule has 0 spiro atoms. The SMILES string of the molecule is CCc1noc(CC)c1C=O. The van der Waals surface area contributed by atoms with Crippen molar-refractivity contribution in [2.24, 2.45) is 0 Å². The Morgan fingerprint density at radius 2 is 2.18 bits per heavy atom. The Morgan fingerprint density at radius 1 is 1.45 bits per heavy atom. The molecule has 1 rings (SSSR count). The highest BCUT2D eigenvalue weighted by Gasteiger charge is 2.11. The molecule has 0 amide bonds. The van der Waals surface area contributed by atoms with E-state index in [1.807, 2.05) is 13.8 Å². The molecule has 0 radical (unpaired) electrons. The second-order valence-corrected chi connectivity index (χ2v) is 2.29. The van der Waals surface area contributed by atoms with Crippen LogP contribution in [0.4, 0.5) is 0 Å². The smallest absolute Gasteiger partial charge is 0.155 e. The Kier molecular flexibility index (Phi) is 2.41. The number of carbonyl (C=O) groups is 1. The number of nitrogens with zero attached hydrogens (tertiary/aromatic N) is 1. The zero-order valence-electron chi connectivity index (χ0n) is 6.76. The van der Waals surface area contributed by atoms with Crippen LogP contribution in [0.5, 0.6) is 0 Å². The summed E-state index contributed by atoms with van der Waals surface area (Å²) in [5.41, 5.74) is 1.40. The Balaban J connectivity index is 3.08. The van der Waals surface area contributed by atoms with E-state index in [4.69, 9.17) is 4.52 Å². The van der Waals surface area contributed by atoms with E-state index in [2.05, 4.69) is 5.16 Å². The Morgan fingerprint density at radius 3 is 2.64 bits per heavy atom.